The molecule has 3 rings (SSSR count). The lowest BCUT2D eigenvalue weighted by Crippen LogP contribution is -2.28. The monoisotopic (exact) mass is 228 g/mol. The molecule has 2 aliphatic rings. The van der Waals surface area contributed by atoms with Crippen molar-refractivity contribution in [3.63, 3.8) is 0 Å². The second-order valence-corrected chi connectivity index (χ2v) is 4.54. The maximum Gasteiger partial charge on any atom is 0.180 e. The minimum atomic E-state index is -0.759. The van der Waals surface area contributed by atoms with Gasteiger partial charge in [-0.25, -0.2) is 0 Å². The summed E-state index contributed by atoms with van der Waals surface area (Å²) in [4.78, 5) is 24.4. The number of hydrogen-bond acceptors (Lipinski definition) is 4. The van der Waals surface area contributed by atoms with Crippen LogP contribution in [0.2, 0.25) is 0 Å². The Morgan fingerprint density at radius 2 is 1.65 bits per heavy atom. The summed E-state index contributed by atoms with van der Waals surface area (Å²) in [6, 6.07) is 6.92. The molecule has 0 heterocycles. The third kappa shape index (κ3) is 1.40. The van der Waals surface area contributed by atoms with E-state index in [4.69, 9.17) is 5.84 Å². The number of Topliss-reactive ketones (excluding diaryl/α,β-unsaturated/α-hetero) is 2. The van der Waals surface area contributed by atoms with Crippen LogP contribution in [-0.2, 0) is 0 Å². The molecule has 4 nitrogen and oxygen atoms in total. The molecule has 1 saturated carbocycles. The topological polar surface area (TPSA) is 72.5 Å². The molecule has 4 heteroatoms. The van der Waals surface area contributed by atoms with E-state index in [1.54, 1.807) is 24.3 Å². The van der Waals surface area contributed by atoms with E-state index in [2.05, 4.69) is 5.10 Å². The van der Waals surface area contributed by atoms with Crippen LogP contribution >= 0.6 is 0 Å². The minimum absolute atomic E-state index is 0.151. The first-order valence-corrected chi connectivity index (χ1v) is 5.69. The molecule has 86 valence electrons. The number of carbonyl (C=O) groups excluding carboxylic acids is 2. The van der Waals surface area contributed by atoms with Crippen molar-refractivity contribution in [1.29, 1.82) is 0 Å². The van der Waals surface area contributed by atoms with E-state index in [9.17, 15) is 9.59 Å². The average molecular weight is 228 g/mol. The van der Waals surface area contributed by atoms with Gasteiger partial charge in [-0.15, -0.1) is 0 Å². The molecule has 2 N–H and O–H groups in total. The van der Waals surface area contributed by atoms with E-state index in [0.29, 0.717) is 16.8 Å². The highest BCUT2D eigenvalue weighted by Crippen LogP contribution is 2.38. The van der Waals surface area contributed by atoms with Crippen LogP contribution in [0.15, 0.2) is 29.4 Å². The van der Waals surface area contributed by atoms with Crippen LogP contribution in [0.5, 0.6) is 0 Å². The summed E-state index contributed by atoms with van der Waals surface area (Å²) < 4.78 is 0. The standard InChI is InChI=1S/C13H12N2O2/c14-15-11(7-5-6-7)10-12(16)8-3-1-2-4-9(8)13(10)17/h1-4,7,10H,5-6,14H2/b15-11-. The van der Waals surface area contributed by atoms with Gasteiger partial charge < -0.3 is 5.84 Å². The van der Waals surface area contributed by atoms with Crippen molar-refractivity contribution in [2.45, 2.75) is 12.8 Å². The van der Waals surface area contributed by atoms with Gasteiger partial charge in [0.1, 0.15) is 5.92 Å². The van der Waals surface area contributed by atoms with Gasteiger partial charge in [0, 0.05) is 17.0 Å². The van der Waals surface area contributed by atoms with E-state index < -0.39 is 5.92 Å². The fourth-order valence-electron chi connectivity index (χ4n) is 2.41. The van der Waals surface area contributed by atoms with Crippen LogP contribution in [0.3, 0.4) is 0 Å². The molecule has 1 aromatic rings. The van der Waals surface area contributed by atoms with Crippen molar-refractivity contribution in [2.24, 2.45) is 22.8 Å². The van der Waals surface area contributed by atoms with E-state index in [1.165, 1.54) is 0 Å². The van der Waals surface area contributed by atoms with Gasteiger partial charge in [-0.2, -0.15) is 5.10 Å². The zero-order valence-electron chi connectivity index (χ0n) is 9.22. The van der Waals surface area contributed by atoms with Crippen molar-refractivity contribution >= 4 is 17.3 Å². The summed E-state index contributed by atoms with van der Waals surface area (Å²) in [5.41, 5.74) is 1.57. The van der Waals surface area contributed by atoms with Gasteiger partial charge in [-0.3, -0.25) is 9.59 Å². The van der Waals surface area contributed by atoms with Gasteiger partial charge >= 0.3 is 0 Å². The Balaban J connectivity index is 2.05. The SMILES string of the molecule is N/N=C(/C1CC1)C1C(=O)c2ccccc2C1=O. The van der Waals surface area contributed by atoms with Crippen molar-refractivity contribution in [3.8, 4) is 0 Å². The Morgan fingerprint density at radius 1 is 1.12 bits per heavy atom. The number of nitrogens with two attached hydrogens (primary N) is 1. The second-order valence-electron chi connectivity index (χ2n) is 4.54. The lowest BCUT2D eigenvalue weighted by Gasteiger charge is -2.08. The highest BCUT2D eigenvalue weighted by Gasteiger charge is 2.46. The van der Waals surface area contributed by atoms with Gasteiger partial charge in [0.25, 0.3) is 0 Å². The summed E-state index contributed by atoms with van der Waals surface area (Å²) in [6.07, 6.45) is 1.95. The van der Waals surface area contributed by atoms with Crippen molar-refractivity contribution in [2.75, 3.05) is 0 Å². The van der Waals surface area contributed by atoms with Crippen molar-refractivity contribution in [3.05, 3.63) is 35.4 Å². The average Bonchev–Trinajstić information content (AvgIpc) is 3.15. The Bertz CT molecular complexity index is 509. The van der Waals surface area contributed by atoms with Crippen molar-refractivity contribution in [1.82, 2.24) is 0 Å². The first kappa shape index (κ1) is 10.2. The summed E-state index contributed by atoms with van der Waals surface area (Å²) in [5, 5.41) is 3.69. The molecule has 0 saturated heterocycles. The third-order valence-electron chi connectivity index (χ3n) is 3.42. The third-order valence-corrected chi connectivity index (χ3v) is 3.42. The number of hydrazone groups is 1. The molecule has 17 heavy (non-hydrogen) atoms. The highest BCUT2D eigenvalue weighted by molar-refractivity contribution is 6.36. The van der Waals surface area contributed by atoms with Crippen LogP contribution in [0.25, 0.3) is 0 Å². The Morgan fingerprint density at radius 3 is 2.06 bits per heavy atom. The number of carbonyl (C=O) groups is 2. The first-order chi connectivity index (χ1) is 8.24. The number of hydrogen-bond donors (Lipinski definition) is 1. The minimum Gasteiger partial charge on any atom is -0.323 e. The number of fused-ring (bicyclic) bond motifs is 1. The molecule has 1 aromatic carbocycles. The van der Waals surface area contributed by atoms with E-state index >= 15 is 0 Å². The van der Waals surface area contributed by atoms with E-state index in [0.717, 1.165) is 12.8 Å². The van der Waals surface area contributed by atoms with Gasteiger partial charge in [-0.1, -0.05) is 24.3 Å². The summed E-state index contributed by atoms with van der Waals surface area (Å²) >= 11 is 0. The van der Waals surface area contributed by atoms with Gasteiger partial charge in [0.15, 0.2) is 11.6 Å². The molecule has 0 radical (unpaired) electrons. The van der Waals surface area contributed by atoms with Crippen LogP contribution in [0.4, 0.5) is 0 Å². The van der Waals surface area contributed by atoms with Crippen molar-refractivity contribution < 1.29 is 9.59 Å². The smallest absolute Gasteiger partial charge is 0.180 e. The van der Waals surface area contributed by atoms with Crippen LogP contribution < -0.4 is 5.84 Å². The molecule has 0 spiro atoms. The van der Waals surface area contributed by atoms with Crippen LogP contribution in [0.1, 0.15) is 33.6 Å². The fourth-order valence-corrected chi connectivity index (χ4v) is 2.41. The summed E-state index contributed by atoms with van der Waals surface area (Å²) in [6.45, 7) is 0. The molecule has 1 fully saturated rings. The maximum atomic E-state index is 12.2. The largest absolute Gasteiger partial charge is 0.323 e. The second kappa shape index (κ2) is 3.52. The molecule has 0 aromatic heterocycles. The van der Waals surface area contributed by atoms with E-state index in [1.807, 2.05) is 0 Å². The molecule has 0 aliphatic heterocycles. The summed E-state index contributed by atoms with van der Waals surface area (Å²) in [5.74, 6) is 4.50. The quantitative estimate of drug-likeness (QED) is 0.360. The zero-order chi connectivity index (χ0) is 12.0. The molecule has 0 bridgehead atoms. The molecule has 0 amide bonds. The predicted octanol–water partition coefficient (Wildman–Crippen LogP) is 1.41. The number of benzene rings is 1. The van der Waals surface area contributed by atoms with Crippen LogP contribution in [0, 0.1) is 11.8 Å². The van der Waals surface area contributed by atoms with Gasteiger partial charge in [0.05, 0.1) is 5.71 Å². The predicted molar refractivity (Wildman–Crippen MR) is 62.9 cm³/mol. The first-order valence-electron chi connectivity index (χ1n) is 5.69. The normalized spacial score (nSPS) is 20.8. The Hall–Kier alpha value is -1.97. The van der Waals surface area contributed by atoms with E-state index in [-0.39, 0.29) is 17.5 Å². The van der Waals surface area contributed by atoms with Gasteiger partial charge in [-0.05, 0) is 12.8 Å². The Labute approximate surface area is 98.5 Å². The lowest BCUT2D eigenvalue weighted by atomic mass is 9.94. The molecule has 0 unspecified atom stereocenters. The zero-order valence-corrected chi connectivity index (χ0v) is 9.22. The summed E-state index contributed by atoms with van der Waals surface area (Å²) in [7, 11) is 0. The molecule has 0 atom stereocenters. The number of ketones is 2. The maximum absolute atomic E-state index is 12.2. The van der Waals surface area contributed by atoms with Crippen LogP contribution in [-0.4, -0.2) is 17.3 Å². The lowest BCUT2D eigenvalue weighted by molar-refractivity contribution is 0.0881. The molecular weight excluding hydrogens is 216 g/mol. The highest BCUT2D eigenvalue weighted by atomic mass is 16.2. The molecule has 2 aliphatic carbocycles. The number of rotatable bonds is 2. The van der Waals surface area contributed by atoms with Gasteiger partial charge in [0.2, 0.25) is 0 Å². The fraction of sp³-hybridized carbons (Fsp3) is 0.308. The number of nitrogens with zero attached hydrogens (tertiary/aromatic N) is 1. The molecular formula is C13H12N2O2. The Kier molecular flexibility index (Phi) is 2.11.